The van der Waals surface area contributed by atoms with Crippen molar-refractivity contribution in [1.29, 1.82) is 0 Å². The lowest BCUT2D eigenvalue weighted by Crippen LogP contribution is -2.43. The molecule has 0 aromatic carbocycles. The Kier molecular flexibility index (Phi) is 8.37. The standard InChI is InChI=1S/C20H31F2N5O4S/c21-17(22)11-25-32(30,31)16-10-24-18(9-15(16)27-8-4-7-14(27)12-28)26-20(29)19(23)13-5-2-1-3-6-13/h9-10,13-14,17,19,25,28H,1-8,11-12,23H2,(H,24,26,29)/t14-,19-/m0/s1. The van der Waals surface area contributed by atoms with Crippen molar-refractivity contribution >= 4 is 27.4 Å². The molecule has 0 unspecified atom stereocenters. The number of aromatic nitrogens is 1. The van der Waals surface area contributed by atoms with Crippen molar-refractivity contribution in [3.63, 3.8) is 0 Å². The maximum atomic E-state index is 12.7. The number of amides is 1. The van der Waals surface area contributed by atoms with Crippen LogP contribution in [-0.2, 0) is 14.8 Å². The Labute approximate surface area is 186 Å². The first-order chi connectivity index (χ1) is 15.2. The molecule has 1 amide bonds. The number of alkyl halides is 2. The van der Waals surface area contributed by atoms with Crippen LogP contribution in [0, 0.1) is 5.92 Å². The highest BCUT2D eigenvalue weighted by Gasteiger charge is 2.31. The van der Waals surface area contributed by atoms with Crippen LogP contribution in [0.3, 0.4) is 0 Å². The van der Waals surface area contributed by atoms with Gasteiger partial charge in [0.25, 0.3) is 6.43 Å². The molecule has 1 saturated carbocycles. The summed E-state index contributed by atoms with van der Waals surface area (Å²) in [6.45, 7) is -0.748. The van der Waals surface area contributed by atoms with Gasteiger partial charge < -0.3 is 21.1 Å². The van der Waals surface area contributed by atoms with E-state index in [4.69, 9.17) is 5.73 Å². The number of sulfonamides is 1. The van der Waals surface area contributed by atoms with Crippen LogP contribution in [0.1, 0.15) is 44.9 Å². The number of hydrogen-bond acceptors (Lipinski definition) is 7. The van der Waals surface area contributed by atoms with E-state index in [0.29, 0.717) is 13.0 Å². The molecule has 5 N–H and O–H groups in total. The van der Waals surface area contributed by atoms with E-state index < -0.39 is 34.9 Å². The summed E-state index contributed by atoms with van der Waals surface area (Å²) in [7, 11) is -4.29. The Bertz CT molecular complexity index is 896. The molecule has 1 aromatic heterocycles. The third-order valence-electron chi connectivity index (χ3n) is 6.17. The normalized spacial score (nSPS) is 21.2. The van der Waals surface area contributed by atoms with Crippen LogP contribution in [0.25, 0.3) is 0 Å². The second kappa shape index (κ2) is 10.8. The zero-order valence-corrected chi connectivity index (χ0v) is 18.7. The molecular formula is C20H31F2N5O4S. The van der Waals surface area contributed by atoms with Crippen LogP contribution in [0.5, 0.6) is 0 Å². The van der Waals surface area contributed by atoms with Crippen molar-refractivity contribution in [2.75, 3.05) is 29.9 Å². The quantitative estimate of drug-likeness (QED) is 0.424. The molecule has 1 saturated heterocycles. The number of anilines is 2. The van der Waals surface area contributed by atoms with E-state index in [2.05, 4.69) is 10.3 Å². The lowest BCUT2D eigenvalue weighted by atomic mass is 9.84. The number of nitrogens with two attached hydrogens (primary N) is 1. The van der Waals surface area contributed by atoms with Crippen LogP contribution < -0.4 is 20.7 Å². The molecule has 2 heterocycles. The summed E-state index contributed by atoms with van der Waals surface area (Å²) in [5.41, 5.74) is 6.34. The molecule has 2 atom stereocenters. The van der Waals surface area contributed by atoms with E-state index in [9.17, 15) is 27.1 Å². The van der Waals surface area contributed by atoms with E-state index in [-0.39, 0.29) is 35.0 Å². The number of carbonyl (C=O) groups excluding carboxylic acids is 1. The van der Waals surface area contributed by atoms with E-state index in [1.165, 1.54) is 6.07 Å². The monoisotopic (exact) mass is 475 g/mol. The maximum absolute atomic E-state index is 12.7. The number of nitrogens with zero attached hydrogens (tertiary/aromatic N) is 2. The summed E-state index contributed by atoms with van der Waals surface area (Å²) >= 11 is 0. The Balaban J connectivity index is 1.87. The molecule has 9 nitrogen and oxygen atoms in total. The van der Waals surface area contributed by atoms with Crippen molar-refractivity contribution in [3.8, 4) is 0 Å². The molecule has 2 fully saturated rings. The predicted octanol–water partition coefficient (Wildman–Crippen LogP) is 1.43. The molecule has 0 spiro atoms. The van der Waals surface area contributed by atoms with Gasteiger partial charge in [0.05, 0.1) is 37.1 Å². The second-order valence-electron chi connectivity index (χ2n) is 8.37. The van der Waals surface area contributed by atoms with Gasteiger partial charge >= 0.3 is 0 Å². The zero-order valence-electron chi connectivity index (χ0n) is 17.8. The molecular weight excluding hydrogens is 444 g/mol. The molecule has 2 aliphatic rings. The van der Waals surface area contributed by atoms with Gasteiger partial charge in [0.1, 0.15) is 10.7 Å². The average Bonchev–Trinajstić information content (AvgIpc) is 3.26. The van der Waals surface area contributed by atoms with E-state index in [0.717, 1.165) is 44.7 Å². The van der Waals surface area contributed by atoms with E-state index >= 15 is 0 Å². The number of pyridine rings is 1. The van der Waals surface area contributed by atoms with E-state index in [1.807, 2.05) is 4.72 Å². The fraction of sp³-hybridized carbons (Fsp3) is 0.700. The van der Waals surface area contributed by atoms with Gasteiger partial charge in [-0.3, -0.25) is 4.79 Å². The summed E-state index contributed by atoms with van der Waals surface area (Å²) in [5.74, 6) is -0.201. The minimum atomic E-state index is -4.29. The van der Waals surface area contributed by atoms with Crippen LogP contribution in [0.2, 0.25) is 0 Å². The van der Waals surface area contributed by atoms with Gasteiger partial charge in [-0.2, -0.15) is 0 Å². The minimum absolute atomic E-state index is 0.0822. The second-order valence-corrected chi connectivity index (χ2v) is 10.1. The lowest BCUT2D eigenvalue weighted by Gasteiger charge is -2.28. The molecule has 0 bridgehead atoms. The Morgan fingerprint density at radius 2 is 1.97 bits per heavy atom. The number of aliphatic hydroxyl groups is 1. The highest BCUT2D eigenvalue weighted by molar-refractivity contribution is 7.89. The topological polar surface area (TPSA) is 138 Å². The van der Waals surface area contributed by atoms with Gasteiger partial charge in [0.2, 0.25) is 15.9 Å². The van der Waals surface area contributed by atoms with Crippen molar-refractivity contribution in [2.24, 2.45) is 11.7 Å². The first-order valence-corrected chi connectivity index (χ1v) is 12.4. The third-order valence-corrected chi connectivity index (χ3v) is 7.61. The summed E-state index contributed by atoms with van der Waals surface area (Å²) in [6.07, 6.45) is 4.53. The van der Waals surface area contributed by atoms with E-state index in [1.54, 1.807) is 4.90 Å². The number of halogens is 2. The molecule has 1 aromatic rings. The SMILES string of the molecule is N[C@H](C(=O)Nc1cc(N2CCC[C@H]2CO)c(S(=O)(=O)NCC(F)F)cn1)C1CCCCC1. The van der Waals surface area contributed by atoms with Crippen LogP contribution in [0.4, 0.5) is 20.3 Å². The van der Waals surface area contributed by atoms with Crippen LogP contribution in [-0.4, -0.2) is 62.6 Å². The Morgan fingerprint density at radius 3 is 2.62 bits per heavy atom. The maximum Gasteiger partial charge on any atom is 0.251 e. The van der Waals surface area contributed by atoms with Crippen LogP contribution in [0.15, 0.2) is 17.2 Å². The smallest absolute Gasteiger partial charge is 0.251 e. The van der Waals surface area contributed by atoms with Gasteiger partial charge in [-0.25, -0.2) is 26.9 Å². The van der Waals surface area contributed by atoms with Gasteiger partial charge in [-0.15, -0.1) is 0 Å². The Morgan fingerprint density at radius 1 is 1.25 bits per heavy atom. The summed E-state index contributed by atoms with van der Waals surface area (Å²) in [4.78, 5) is 18.1. The predicted molar refractivity (Wildman–Crippen MR) is 116 cm³/mol. The lowest BCUT2D eigenvalue weighted by molar-refractivity contribution is -0.118. The number of rotatable bonds is 9. The van der Waals surface area contributed by atoms with Gasteiger partial charge in [0, 0.05) is 12.6 Å². The molecule has 1 aliphatic carbocycles. The minimum Gasteiger partial charge on any atom is -0.394 e. The highest BCUT2D eigenvalue weighted by atomic mass is 32.2. The van der Waals surface area contributed by atoms with Crippen molar-refractivity contribution < 1.29 is 27.1 Å². The van der Waals surface area contributed by atoms with Gasteiger partial charge in [-0.05, 0) is 31.6 Å². The molecule has 3 rings (SSSR count). The summed E-state index contributed by atoms with van der Waals surface area (Å²) in [6, 6.07) is 0.374. The highest BCUT2D eigenvalue weighted by Crippen LogP contribution is 2.33. The summed E-state index contributed by atoms with van der Waals surface area (Å²) < 4.78 is 52.4. The first-order valence-electron chi connectivity index (χ1n) is 10.9. The largest absolute Gasteiger partial charge is 0.394 e. The number of hydrogen-bond donors (Lipinski definition) is 4. The van der Waals surface area contributed by atoms with Crippen molar-refractivity contribution in [1.82, 2.24) is 9.71 Å². The first kappa shape index (κ1) is 24.7. The number of carbonyl (C=O) groups is 1. The average molecular weight is 476 g/mol. The fourth-order valence-electron chi connectivity index (χ4n) is 4.44. The molecule has 180 valence electrons. The summed E-state index contributed by atoms with van der Waals surface area (Å²) in [5, 5.41) is 12.4. The molecule has 0 radical (unpaired) electrons. The molecule has 1 aliphatic heterocycles. The number of aliphatic hydroxyl groups excluding tert-OH is 1. The van der Waals surface area contributed by atoms with Gasteiger partial charge in [-0.1, -0.05) is 19.3 Å². The van der Waals surface area contributed by atoms with Crippen molar-refractivity contribution in [2.45, 2.75) is 68.4 Å². The third kappa shape index (κ3) is 5.91. The Hall–Kier alpha value is -1.89. The van der Waals surface area contributed by atoms with Crippen LogP contribution >= 0.6 is 0 Å². The zero-order chi connectivity index (χ0) is 23.3. The fourth-order valence-corrected chi connectivity index (χ4v) is 5.59. The molecule has 12 heteroatoms. The molecule has 32 heavy (non-hydrogen) atoms. The van der Waals surface area contributed by atoms with Crippen molar-refractivity contribution in [3.05, 3.63) is 12.3 Å². The van der Waals surface area contributed by atoms with Gasteiger partial charge in [0.15, 0.2) is 0 Å². The number of nitrogens with one attached hydrogen (secondary N) is 2.